The fourth-order valence-corrected chi connectivity index (χ4v) is 4.85. The maximum Gasteiger partial charge on any atom is 0.322 e. The molecule has 8 nitrogen and oxygen atoms in total. The second-order valence-electron chi connectivity index (χ2n) is 6.92. The molecule has 4 rings (SSSR count). The molecule has 0 radical (unpaired) electrons. The van der Waals surface area contributed by atoms with Crippen molar-refractivity contribution >= 4 is 21.9 Å². The Morgan fingerprint density at radius 3 is 2.57 bits per heavy atom. The molecule has 1 fully saturated rings. The number of carbonyl (C=O) groups excluding carboxylic acids is 1. The third kappa shape index (κ3) is 4.24. The van der Waals surface area contributed by atoms with Gasteiger partial charge in [0.15, 0.2) is 0 Å². The lowest BCUT2D eigenvalue weighted by molar-refractivity contribution is -0.121. The fourth-order valence-electron chi connectivity index (χ4n) is 3.31. The summed E-state index contributed by atoms with van der Waals surface area (Å²) in [6.45, 7) is 0.429. The molecule has 2 heterocycles. The zero-order chi connectivity index (χ0) is 21.1. The average Bonchev–Trinajstić information content (AvgIpc) is 3.23. The van der Waals surface area contributed by atoms with E-state index in [0.717, 1.165) is 0 Å². The Morgan fingerprint density at radius 2 is 1.83 bits per heavy atom. The molecule has 2 aromatic carbocycles. The van der Waals surface area contributed by atoms with Crippen LogP contribution in [0.5, 0.6) is 0 Å². The van der Waals surface area contributed by atoms with E-state index in [-0.39, 0.29) is 29.2 Å². The largest absolute Gasteiger partial charge is 0.403 e. The maximum absolute atomic E-state index is 13.0. The molecule has 156 valence electrons. The normalized spacial score (nSPS) is 17.6. The summed E-state index contributed by atoms with van der Waals surface area (Å²) in [4.78, 5) is 12.9. The van der Waals surface area contributed by atoms with Crippen LogP contribution in [-0.2, 0) is 14.8 Å². The Labute approximate surface area is 172 Å². The summed E-state index contributed by atoms with van der Waals surface area (Å²) in [6, 6.07) is 13.6. The Hall–Kier alpha value is -3.11. The number of benzene rings is 2. The number of aromatic nitrogens is 2. The van der Waals surface area contributed by atoms with Crippen molar-refractivity contribution in [1.82, 2.24) is 14.5 Å². The number of rotatable bonds is 5. The predicted molar refractivity (Wildman–Crippen MR) is 106 cm³/mol. The van der Waals surface area contributed by atoms with Gasteiger partial charge in [0, 0.05) is 18.7 Å². The second kappa shape index (κ2) is 8.33. The minimum atomic E-state index is -3.67. The van der Waals surface area contributed by atoms with E-state index in [1.54, 1.807) is 18.2 Å². The highest BCUT2D eigenvalue weighted by molar-refractivity contribution is 7.89. The Balaban J connectivity index is 1.43. The van der Waals surface area contributed by atoms with Crippen molar-refractivity contribution in [2.24, 2.45) is 5.92 Å². The predicted octanol–water partition coefficient (Wildman–Crippen LogP) is 2.92. The molecule has 1 amide bonds. The zero-order valence-electron chi connectivity index (χ0n) is 15.9. The lowest BCUT2D eigenvalue weighted by Gasteiger charge is -2.30. The van der Waals surface area contributed by atoms with E-state index in [2.05, 4.69) is 15.5 Å². The minimum Gasteiger partial charge on any atom is -0.403 e. The van der Waals surface area contributed by atoms with Crippen molar-refractivity contribution in [2.75, 3.05) is 18.4 Å². The van der Waals surface area contributed by atoms with Crippen LogP contribution in [0.15, 0.2) is 63.9 Å². The van der Waals surface area contributed by atoms with Crippen LogP contribution in [0.25, 0.3) is 11.5 Å². The van der Waals surface area contributed by atoms with Crippen LogP contribution < -0.4 is 5.32 Å². The van der Waals surface area contributed by atoms with Crippen LogP contribution in [0.2, 0.25) is 0 Å². The molecule has 3 aromatic rings. The lowest BCUT2D eigenvalue weighted by Crippen LogP contribution is -2.43. The van der Waals surface area contributed by atoms with Gasteiger partial charge in [0.2, 0.25) is 21.8 Å². The van der Waals surface area contributed by atoms with Crippen LogP contribution in [0.3, 0.4) is 0 Å². The summed E-state index contributed by atoms with van der Waals surface area (Å²) in [6.07, 6.45) is 1.11. The van der Waals surface area contributed by atoms with Crippen molar-refractivity contribution in [1.29, 1.82) is 0 Å². The highest BCUT2D eigenvalue weighted by Gasteiger charge is 2.33. The topological polar surface area (TPSA) is 105 Å². The molecule has 0 spiro atoms. The molecule has 30 heavy (non-hydrogen) atoms. The monoisotopic (exact) mass is 430 g/mol. The van der Waals surface area contributed by atoms with Gasteiger partial charge in [-0.2, -0.15) is 4.31 Å². The van der Waals surface area contributed by atoms with Gasteiger partial charge in [-0.15, -0.1) is 5.10 Å². The van der Waals surface area contributed by atoms with Crippen LogP contribution in [0.4, 0.5) is 10.4 Å². The molecule has 1 aliphatic heterocycles. The Kier molecular flexibility index (Phi) is 5.60. The third-order valence-corrected chi connectivity index (χ3v) is 6.76. The van der Waals surface area contributed by atoms with Gasteiger partial charge in [-0.05, 0) is 49.2 Å². The molecule has 10 heteroatoms. The third-order valence-electron chi connectivity index (χ3n) is 4.88. The molecule has 1 aliphatic rings. The van der Waals surface area contributed by atoms with Gasteiger partial charge in [0.25, 0.3) is 0 Å². The molecule has 1 unspecified atom stereocenters. The number of hydrogen-bond donors (Lipinski definition) is 1. The first kappa shape index (κ1) is 20.2. The molecule has 1 N–H and O–H groups in total. The molecule has 0 saturated carbocycles. The van der Waals surface area contributed by atoms with Gasteiger partial charge in [-0.25, -0.2) is 12.8 Å². The number of carbonyl (C=O) groups is 1. The van der Waals surface area contributed by atoms with Gasteiger partial charge < -0.3 is 4.42 Å². The number of nitrogens with zero attached hydrogens (tertiary/aromatic N) is 3. The summed E-state index contributed by atoms with van der Waals surface area (Å²) >= 11 is 0. The van der Waals surface area contributed by atoms with Crippen molar-refractivity contribution < 1.29 is 22.0 Å². The fraction of sp³-hybridized carbons (Fsp3) is 0.250. The van der Waals surface area contributed by atoms with E-state index < -0.39 is 21.8 Å². The number of piperidine rings is 1. The van der Waals surface area contributed by atoms with E-state index in [1.807, 2.05) is 0 Å². The van der Waals surface area contributed by atoms with E-state index in [1.165, 1.54) is 40.7 Å². The quantitative estimate of drug-likeness (QED) is 0.667. The molecular formula is C20H19FN4O4S. The van der Waals surface area contributed by atoms with Gasteiger partial charge in [-0.1, -0.05) is 23.3 Å². The number of nitrogens with one attached hydrogen (secondary N) is 1. The smallest absolute Gasteiger partial charge is 0.322 e. The number of anilines is 1. The van der Waals surface area contributed by atoms with Crippen LogP contribution in [-0.4, -0.2) is 41.9 Å². The molecule has 0 aliphatic carbocycles. The number of hydrogen-bond acceptors (Lipinski definition) is 6. The van der Waals surface area contributed by atoms with Gasteiger partial charge in [-0.3, -0.25) is 10.1 Å². The maximum atomic E-state index is 13.0. The molecule has 1 saturated heterocycles. The molecule has 1 aromatic heterocycles. The van der Waals surface area contributed by atoms with Crippen LogP contribution in [0.1, 0.15) is 12.8 Å². The van der Waals surface area contributed by atoms with Gasteiger partial charge in [0.05, 0.1) is 10.8 Å². The number of amides is 1. The van der Waals surface area contributed by atoms with Crippen molar-refractivity contribution in [3.8, 4) is 11.5 Å². The van der Waals surface area contributed by atoms with Crippen molar-refractivity contribution in [3.05, 3.63) is 60.4 Å². The van der Waals surface area contributed by atoms with Crippen LogP contribution >= 0.6 is 0 Å². The van der Waals surface area contributed by atoms with E-state index in [0.29, 0.717) is 24.9 Å². The average molecular weight is 430 g/mol. The first-order chi connectivity index (χ1) is 14.4. The summed E-state index contributed by atoms with van der Waals surface area (Å²) in [5.41, 5.74) is 0.516. The SMILES string of the molecule is O=C(Nc1nnc(-c2ccc(F)cc2)o1)C1CCCN(S(=O)(=O)c2ccccc2)C1. The molecular weight excluding hydrogens is 411 g/mol. The van der Waals surface area contributed by atoms with Crippen LogP contribution in [0, 0.1) is 11.7 Å². The highest BCUT2D eigenvalue weighted by atomic mass is 32.2. The summed E-state index contributed by atoms with van der Waals surface area (Å²) in [7, 11) is -3.67. The number of sulfonamides is 1. The summed E-state index contributed by atoms with van der Waals surface area (Å²) in [5.74, 6) is -1.18. The first-order valence-electron chi connectivity index (χ1n) is 9.39. The van der Waals surface area contributed by atoms with E-state index in [9.17, 15) is 17.6 Å². The highest BCUT2D eigenvalue weighted by Crippen LogP contribution is 2.25. The Morgan fingerprint density at radius 1 is 1.10 bits per heavy atom. The standard InChI is InChI=1S/C20H19FN4O4S/c21-16-10-8-14(9-11-16)19-23-24-20(29-19)22-18(26)15-5-4-12-25(13-15)30(27,28)17-6-2-1-3-7-17/h1-3,6-11,15H,4-5,12-13H2,(H,22,24,26). The van der Waals surface area contributed by atoms with E-state index in [4.69, 9.17) is 4.42 Å². The minimum absolute atomic E-state index is 0.0714. The summed E-state index contributed by atoms with van der Waals surface area (Å²) < 4.78 is 45.4. The van der Waals surface area contributed by atoms with Crippen molar-refractivity contribution in [3.63, 3.8) is 0 Å². The van der Waals surface area contributed by atoms with E-state index >= 15 is 0 Å². The van der Waals surface area contributed by atoms with Crippen molar-refractivity contribution in [2.45, 2.75) is 17.7 Å². The zero-order valence-corrected chi connectivity index (χ0v) is 16.7. The molecule has 0 bridgehead atoms. The van der Waals surface area contributed by atoms with Gasteiger partial charge >= 0.3 is 6.01 Å². The summed E-state index contributed by atoms with van der Waals surface area (Å²) in [5, 5.41) is 10.2. The Bertz CT molecular complexity index is 1130. The van der Waals surface area contributed by atoms with Gasteiger partial charge in [0.1, 0.15) is 5.82 Å². The second-order valence-corrected chi connectivity index (χ2v) is 8.86. The number of halogens is 1. The first-order valence-corrected chi connectivity index (χ1v) is 10.8. The lowest BCUT2D eigenvalue weighted by atomic mass is 9.99. The molecule has 1 atom stereocenters.